The molecule has 4 heteroatoms. The second kappa shape index (κ2) is 2.90. The van der Waals surface area contributed by atoms with Gasteiger partial charge in [-0.25, -0.2) is 0 Å². The molecule has 0 saturated heterocycles. The Hall–Kier alpha value is 1.69. The van der Waals surface area contributed by atoms with Gasteiger partial charge in [0.2, 0.25) is 0 Å². The molecule has 0 N–H and O–H groups in total. The van der Waals surface area contributed by atoms with Crippen LogP contribution in [0.2, 0.25) is 0 Å². The van der Waals surface area contributed by atoms with Crippen LogP contribution in [0.4, 0.5) is 0 Å². The molecule has 0 rings (SSSR count). The van der Waals surface area contributed by atoms with E-state index in [9.17, 15) is 0 Å². The van der Waals surface area contributed by atoms with E-state index in [1.807, 2.05) is 0 Å². The predicted octanol–water partition coefficient (Wildman–Crippen LogP) is 1.69. The molecule has 0 radical (unpaired) electrons. The van der Waals surface area contributed by atoms with Crippen LogP contribution < -0.4 is 0 Å². The van der Waals surface area contributed by atoms with Crippen LogP contribution in [0, 0.1) is 0 Å². The molecule has 0 aliphatic heterocycles. The van der Waals surface area contributed by atoms with E-state index in [2.05, 4.69) is 0 Å². The molecular formula is Cl3Sb. The Morgan fingerprint density at radius 2 is 1.00 bits per heavy atom. The Balaban J connectivity index is 2.32. The maximum atomic E-state index is 4.99. The zero-order chi connectivity index (χ0) is 3.58. The van der Waals surface area contributed by atoms with Gasteiger partial charge < -0.3 is 0 Å². The van der Waals surface area contributed by atoms with Gasteiger partial charge in [-0.1, -0.05) is 0 Å². The summed E-state index contributed by atoms with van der Waals surface area (Å²) in [7, 11) is 15.0. The monoisotopic (exact) mass is 226 g/mol. The molecule has 0 amide bonds. The first-order valence-electron chi connectivity index (χ1n) is 0.507. The van der Waals surface area contributed by atoms with E-state index in [0.717, 1.165) is 0 Å². The molecule has 0 aromatic carbocycles. The number of hydrogen-bond donors (Lipinski definition) is 0. The van der Waals surface area contributed by atoms with Crippen molar-refractivity contribution in [1.29, 1.82) is 0 Å². The van der Waals surface area contributed by atoms with Crippen LogP contribution in [-0.4, -0.2) is 16.8 Å². The van der Waals surface area contributed by atoms with Crippen molar-refractivity contribution in [2.24, 2.45) is 0 Å². The van der Waals surface area contributed by atoms with Gasteiger partial charge in [0.1, 0.15) is 0 Å². The van der Waals surface area contributed by atoms with E-state index in [-0.39, 0.29) is 0 Å². The molecule has 0 spiro atoms. The average Bonchev–Trinajstić information content (AvgIpc) is 0.811. The fourth-order valence-electron chi connectivity index (χ4n) is 0. The summed E-state index contributed by atoms with van der Waals surface area (Å²) >= 11 is -2.03. The minimum atomic E-state index is -2.03. The van der Waals surface area contributed by atoms with E-state index in [1.54, 1.807) is 0 Å². The fraction of sp³-hybridized carbons (Fsp3) is 0. The summed E-state index contributed by atoms with van der Waals surface area (Å²) in [6.45, 7) is 0. The first kappa shape index (κ1) is 5.69. The van der Waals surface area contributed by atoms with Gasteiger partial charge in [0.25, 0.3) is 0 Å². The number of halogens is 3. The number of hydrogen-bond acceptors (Lipinski definition) is 0. The van der Waals surface area contributed by atoms with Gasteiger partial charge in [-0.3, -0.25) is 0 Å². The molecule has 0 fully saturated rings. The van der Waals surface area contributed by atoms with Crippen molar-refractivity contribution in [2.45, 2.75) is 0 Å². The molecule has 0 atom stereocenters. The van der Waals surface area contributed by atoms with Gasteiger partial charge in [-0.15, -0.1) is 0 Å². The third kappa shape index (κ3) is 9.35. The summed E-state index contributed by atoms with van der Waals surface area (Å²) in [6, 6.07) is 0. The van der Waals surface area contributed by atoms with E-state index in [1.165, 1.54) is 0 Å². The summed E-state index contributed by atoms with van der Waals surface area (Å²) in [6.07, 6.45) is 0. The van der Waals surface area contributed by atoms with Crippen molar-refractivity contribution < 1.29 is 0 Å². The second-order valence-electron chi connectivity index (χ2n) is 0.192. The zero-order valence-corrected chi connectivity index (χ0v) is 6.40. The van der Waals surface area contributed by atoms with Gasteiger partial charge >= 0.3 is 43.3 Å². The van der Waals surface area contributed by atoms with Crippen molar-refractivity contribution in [3.05, 3.63) is 0 Å². The Morgan fingerprint density at radius 3 is 1.00 bits per heavy atom. The molecule has 0 heterocycles. The van der Waals surface area contributed by atoms with Crippen LogP contribution >= 0.6 is 26.5 Å². The third-order valence-electron chi connectivity index (χ3n) is 0. The van der Waals surface area contributed by atoms with Crippen LogP contribution in [0.5, 0.6) is 0 Å². The van der Waals surface area contributed by atoms with Crippen molar-refractivity contribution >= 4 is 43.3 Å². The zero-order valence-electron chi connectivity index (χ0n) is 1.58. The summed E-state index contributed by atoms with van der Waals surface area (Å²) < 4.78 is 0. The van der Waals surface area contributed by atoms with Gasteiger partial charge in [0.15, 0.2) is 0 Å². The topological polar surface area (TPSA) is 0 Å². The molecule has 0 aliphatic carbocycles. The molecule has 4 heavy (non-hydrogen) atoms. The van der Waals surface area contributed by atoms with E-state index in [4.69, 9.17) is 26.5 Å². The number of rotatable bonds is 0. The Morgan fingerprint density at radius 1 is 1.00 bits per heavy atom. The van der Waals surface area contributed by atoms with Gasteiger partial charge in [0.05, 0.1) is 0 Å². The van der Waals surface area contributed by atoms with Crippen molar-refractivity contribution in [3.63, 3.8) is 0 Å². The van der Waals surface area contributed by atoms with Crippen LogP contribution in [-0.2, 0) is 0 Å². The molecule has 0 aliphatic rings. The normalized spacial score (nSPS) is 9.00. The van der Waals surface area contributed by atoms with Crippen molar-refractivity contribution in [2.75, 3.05) is 0 Å². The van der Waals surface area contributed by atoms with Crippen LogP contribution in [0.15, 0.2) is 0 Å². The molecule has 0 aromatic rings. The molecule has 0 saturated carbocycles. The first-order chi connectivity index (χ1) is 1.73. The third-order valence-corrected chi connectivity index (χ3v) is 0. The van der Waals surface area contributed by atoms with E-state index in [0.29, 0.717) is 0 Å². The predicted molar refractivity (Wildman–Crippen MR) is 23.3 cm³/mol. The van der Waals surface area contributed by atoms with E-state index < -0.39 is 16.8 Å². The quantitative estimate of drug-likeness (QED) is 0.552. The minimum absolute atomic E-state index is 2.03. The average molecular weight is 227 g/mol. The molecule has 26 valence electrons. The fourth-order valence-corrected chi connectivity index (χ4v) is 0. The molecule has 0 bridgehead atoms. The first-order valence-corrected chi connectivity index (χ1v) is 10.2. The summed E-state index contributed by atoms with van der Waals surface area (Å²) in [4.78, 5) is 0. The standard InChI is InChI=1S/3ClH.Sb/h3*1H;/q;;;+3/p-3/i;;;1-1. The Kier molecular flexibility index (Phi) is 4.13. The molecule has 0 unspecified atom stereocenters. The van der Waals surface area contributed by atoms with E-state index >= 15 is 0 Å². The summed E-state index contributed by atoms with van der Waals surface area (Å²) in [5.41, 5.74) is 0. The van der Waals surface area contributed by atoms with Crippen molar-refractivity contribution in [3.8, 4) is 0 Å². The summed E-state index contributed by atoms with van der Waals surface area (Å²) in [5.74, 6) is 0. The molecular weight excluding hydrogens is 227 g/mol. The Bertz CT molecular complexity index is 8.00. The SMILES string of the molecule is [Cl][121Sb]([Cl])[Cl]. The summed E-state index contributed by atoms with van der Waals surface area (Å²) in [5, 5.41) is 0. The van der Waals surface area contributed by atoms with Gasteiger partial charge in [0, 0.05) is 0 Å². The van der Waals surface area contributed by atoms with Crippen LogP contribution in [0.3, 0.4) is 0 Å². The molecule has 0 nitrogen and oxygen atoms in total. The Labute approximate surface area is 43.0 Å². The molecule has 0 aromatic heterocycles. The maximum absolute atomic E-state index is 4.99. The van der Waals surface area contributed by atoms with Crippen LogP contribution in [0.25, 0.3) is 0 Å². The second-order valence-corrected chi connectivity index (χ2v) is 11.6. The van der Waals surface area contributed by atoms with Gasteiger partial charge in [-0.2, -0.15) is 0 Å². The van der Waals surface area contributed by atoms with Crippen LogP contribution in [0.1, 0.15) is 0 Å². The van der Waals surface area contributed by atoms with Gasteiger partial charge in [-0.05, 0) is 0 Å². The van der Waals surface area contributed by atoms with Crippen molar-refractivity contribution in [1.82, 2.24) is 0 Å².